The lowest BCUT2D eigenvalue weighted by atomic mass is 10.1. The fraction of sp³-hybridized carbons (Fsp3) is 0.111. The Bertz CT molecular complexity index is 911. The third-order valence-corrected chi connectivity index (χ3v) is 3.79. The third kappa shape index (κ3) is 2.85. The molecule has 0 aliphatic carbocycles. The Hall–Kier alpha value is -2.95. The van der Waals surface area contributed by atoms with E-state index in [-0.39, 0.29) is 17.5 Å². The average molecular weight is 310 g/mol. The second-order valence-corrected chi connectivity index (χ2v) is 5.38. The molecule has 1 amide bonds. The van der Waals surface area contributed by atoms with E-state index in [1.807, 2.05) is 0 Å². The van der Waals surface area contributed by atoms with Crippen LogP contribution >= 0.6 is 0 Å². The lowest BCUT2D eigenvalue weighted by Crippen LogP contribution is -2.15. The van der Waals surface area contributed by atoms with E-state index in [1.165, 1.54) is 19.1 Å². The molecule has 2 aromatic carbocycles. The molecule has 0 spiro atoms. The molecule has 0 atom stereocenters. The van der Waals surface area contributed by atoms with Gasteiger partial charge in [0, 0.05) is 29.2 Å². The summed E-state index contributed by atoms with van der Waals surface area (Å²) in [6.07, 6.45) is 0. The number of aromatic nitrogens is 1. The molecule has 1 aromatic heterocycles. The maximum Gasteiger partial charge on any atom is 0.272 e. The minimum atomic E-state index is -0.338. The van der Waals surface area contributed by atoms with Crippen LogP contribution in [0.5, 0.6) is 0 Å². The van der Waals surface area contributed by atoms with E-state index in [1.54, 1.807) is 48.0 Å². The first-order chi connectivity index (χ1) is 11.0. The van der Waals surface area contributed by atoms with Crippen molar-refractivity contribution in [2.45, 2.75) is 6.92 Å². The van der Waals surface area contributed by atoms with Crippen molar-refractivity contribution in [3.05, 3.63) is 65.6 Å². The number of hydrogen-bond donors (Lipinski definition) is 1. The molecule has 0 saturated heterocycles. The lowest BCUT2D eigenvalue weighted by molar-refractivity contribution is 0.101. The Kier molecular flexibility index (Phi) is 3.70. The van der Waals surface area contributed by atoms with E-state index in [2.05, 4.69) is 5.32 Å². The molecule has 0 aliphatic heterocycles. The van der Waals surface area contributed by atoms with Crippen LogP contribution in [-0.2, 0) is 7.05 Å². The zero-order valence-corrected chi connectivity index (χ0v) is 12.8. The summed E-state index contributed by atoms with van der Waals surface area (Å²) in [6, 6.07) is 12.7. The Morgan fingerprint density at radius 3 is 2.39 bits per heavy atom. The summed E-state index contributed by atoms with van der Waals surface area (Å²) in [5, 5.41) is 3.45. The average Bonchev–Trinajstić information content (AvgIpc) is 2.84. The summed E-state index contributed by atoms with van der Waals surface area (Å²) in [7, 11) is 1.76. The van der Waals surface area contributed by atoms with Gasteiger partial charge in [0.2, 0.25) is 0 Å². The highest BCUT2D eigenvalue weighted by molar-refractivity contribution is 6.06. The van der Waals surface area contributed by atoms with Gasteiger partial charge in [0.25, 0.3) is 5.91 Å². The van der Waals surface area contributed by atoms with Gasteiger partial charge in [0.15, 0.2) is 5.78 Å². The Labute approximate surface area is 132 Å². The molecule has 3 rings (SSSR count). The van der Waals surface area contributed by atoms with Gasteiger partial charge in [-0.15, -0.1) is 0 Å². The van der Waals surface area contributed by atoms with E-state index in [0.29, 0.717) is 22.3 Å². The topological polar surface area (TPSA) is 51.1 Å². The molecule has 23 heavy (non-hydrogen) atoms. The standard InChI is InChI=1S/C18H15FN2O2/c1-11(22)12-3-6-15(7-4-12)20-18(23)17-10-13-9-14(19)5-8-16(13)21(17)2/h3-10H,1-2H3,(H,20,23). The van der Waals surface area contributed by atoms with Crippen molar-refractivity contribution >= 4 is 28.3 Å². The highest BCUT2D eigenvalue weighted by Gasteiger charge is 2.14. The van der Waals surface area contributed by atoms with E-state index in [4.69, 9.17) is 0 Å². The quantitative estimate of drug-likeness (QED) is 0.749. The summed E-state index contributed by atoms with van der Waals surface area (Å²) < 4.78 is 15.0. The molecule has 4 nitrogen and oxygen atoms in total. The molecule has 1 N–H and O–H groups in total. The predicted molar refractivity (Wildman–Crippen MR) is 87.3 cm³/mol. The molecule has 116 valence electrons. The van der Waals surface area contributed by atoms with Crippen LogP contribution in [0.1, 0.15) is 27.8 Å². The molecule has 5 heteroatoms. The number of halogens is 1. The predicted octanol–water partition coefficient (Wildman–Crippen LogP) is 3.77. The highest BCUT2D eigenvalue weighted by atomic mass is 19.1. The smallest absolute Gasteiger partial charge is 0.272 e. The van der Waals surface area contributed by atoms with Gasteiger partial charge < -0.3 is 9.88 Å². The first-order valence-electron chi connectivity index (χ1n) is 7.13. The molecule has 0 radical (unpaired) electrons. The van der Waals surface area contributed by atoms with Crippen molar-refractivity contribution in [3.8, 4) is 0 Å². The summed E-state index contributed by atoms with van der Waals surface area (Å²) in [5.41, 5.74) is 2.39. The van der Waals surface area contributed by atoms with Gasteiger partial charge in [-0.05, 0) is 55.5 Å². The molecule has 0 bridgehead atoms. The molecule has 0 aliphatic rings. The van der Waals surface area contributed by atoms with E-state index < -0.39 is 0 Å². The van der Waals surface area contributed by atoms with Crippen LogP contribution in [0.15, 0.2) is 48.5 Å². The number of carbonyl (C=O) groups is 2. The van der Waals surface area contributed by atoms with Gasteiger partial charge in [0.1, 0.15) is 11.5 Å². The van der Waals surface area contributed by atoms with Gasteiger partial charge in [0.05, 0.1) is 0 Å². The van der Waals surface area contributed by atoms with E-state index in [0.717, 1.165) is 5.52 Å². The molecule has 0 saturated carbocycles. The largest absolute Gasteiger partial charge is 0.340 e. The molecular weight excluding hydrogens is 295 g/mol. The van der Waals surface area contributed by atoms with Crippen molar-refractivity contribution in [1.82, 2.24) is 4.57 Å². The summed E-state index contributed by atoms with van der Waals surface area (Å²) in [6.45, 7) is 1.49. The number of fused-ring (bicyclic) bond motifs is 1. The van der Waals surface area contributed by atoms with Crippen LogP contribution in [0.3, 0.4) is 0 Å². The SMILES string of the molecule is CC(=O)c1ccc(NC(=O)c2cc3cc(F)ccc3n2C)cc1. The zero-order chi connectivity index (χ0) is 16.6. The molecule has 1 heterocycles. The van der Waals surface area contributed by atoms with Gasteiger partial charge >= 0.3 is 0 Å². The summed E-state index contributed by atoms with van der Waals surface area (Å²) >= 11 is 0. The number of carbonyl (C=O) groups excluding carboxylic acids is 2. The second-order valence-electron chi connectivity index (χ2n) is 5.38. The van der Waals surface area contributed by atoms with Gasteiger partial charge in [-0.2, -0.15) is 0 Å². The normalized spacial score (nSPS) is 10.7. The van der Waals surface area contributed by atoms with Crippen molar-refractivity contribution in [1.29, 1.82) is 0 Å². The Morgan fingerprint density at radius 1 is 1.04 bits per heavy atom. The second kappa shape index (κ2) is 5.68. The Balaban J connectivity index is 1.88. The van der Waals surface area contributed by atoms with Gasteiger partial charge in [-0.25, -0.2) is 4.39 Å². The third-order valence-electron chi connectivity index (χ3n) is 3.79. The zero-order valence-electron chi connectivity index (χ0n) is 12.8. The number of Topliss-reactive ketones (excluding diaryl/α,β-unsaturated/α-hetero) is 1. The van der Waals surface area contributed by atoms with Gasteiger partial charge in [-0.3, -0.25) is 9.59 Å². The van der Waals surface area contributed by atoms with Crippen LogP contribution in [-0.4, -0.2) is 16.3 Å². The minimum Gasteiger partial charge on any atom is -0.340 e. The number of amides is 1. The van der Waals surface area contributed by atoms with Crippen LogP contribution in [0, 0.1) is 5.82 Å². The van der Waals surface area contributed by atoms with Crippen molar-refractivity contribution in [3.63, 3.8) is 0 Å². The molecule has 3 aromatic rings. The van der Waals surface area contributed by atoms with Crippen LogP contribution in [0.4, 0.5) is 10.1 Å². The Morgan fingerprint density at radius 2 is 1.74 bits per heavy atom. The molecule has 0 unspecified atom stereocenters. The number of nitrogens with zero attached hydrogens (tertiary/aromatic N) is 1. The van der Waals surface area contributed by atoms with Crippen LogP contribution < -0.4 is 5.32 Å². The number of anilines is 1. The maximum atomic E-state index is 13.3. The number of rotatable bonds is 3. The van der Waals surface area contributed by atoms with Crippen LogP contribution in [0.2, 0.25) is 0 Å². The summed E-state index contributed by atoms with van der Waals surface area (Å²) in [5.74, 6) is -0.659. The minimum absolute atomic E-state index is 0.0291. The van der Waals surface area contributed by atoms with Crippen molar-refractivity contribution in [2.24, 2.45) is 7.05 Å². The number of hydrogen-bond acceptors (Lipinski definition) is 2. The number of ketones is 1. The monoisotopic (exact) mass is 310 g/mol. The number of nitrogens with one attached hydrogen (secondary N) is 1. The number of benzene rings is 2. The first kappa shape index (κ1) is 15.0. The van der Waals surface area contributed by atoms with E-state index in [9.17, 15) is 14.0 Å². The summed E-state index contributed by atoms with van der Waals surface area (Å²) in [4.78, 5) is 23.7. The van der Waals surface area contributed by atoms with Gasteiger partial charge in [-0.1, -0.05) is 0 Å². The lowest BCUT2D eigenvalue weighted by Gasteiger charge is -2.07. The fourth-order valence-electron chi connectivity index (χ4n) is 2.52. The van der Waals surface area contributed by atoms with E-state index >= 15 is 0 Å². The fourth-order valence-corrected chi connectivity index (χ4v) is 2.52. The highest BCUT2D eigenvalue weighted by Crippen LogP contribution is 2.21. The maximum absolute atomic E-state index is 13.3. The number of aryl methyl sites for hydroxylation is 1. The van der Waals surface area contributed by atoms with Crippen LogP contribution in [0.25, 0.3) is 10.9 Å². The molecular formula is C18H15FN2O2. The first-order valence-corrected chi connectivity index (χ1v) is 7.13. The molecule has 0 fully saturated rings. The van der Waals surface area contributed by atoms with Crippen molar-refractivity contribution in [2.75, 3.05) is 5.32 Å². The van der Waals surface area contributed by atoms with Crippen molar-refractivity contribution < 1.29 is 14.0 Å².